The van der Waals surface area contributed by atoms with Crippen LogP contribution in [0, 0.1) is 0 Å². The highest BCUT2D eigenvalue weighted by atomic mass is 32.2. The molecule has 0 aliphatic heterocycles. The zero-order valence-corrected chi connectivity index (χ0v) is 28.1. The molecule has 8 heteroatoms. The van der Waals surface area contributed by atoms with E-state index in [-0.39, 0.29) is 26.5 Å². The Morgan fingerprint density at radius 1 is 1.00 bits per heavy atom. The number of hydrogen-bond acceptors (Lipinski definition) is 5. The van der Waals surface area contributed by atoms with Crippen LogP contribution < -0.4 is 4.72 Å². The molecule has 0 aliphatic rings. The minimum absolute atomic E-state index is 0.0925. The van der Waals surface area contributed by atoms with Crippen LogP contribution in [0.3, 0.4) is 0 Å². The summed E-state index contributed by atoms with van der Waals surface area (Å²) in [6, 6.07) is 18.9. The fourth-order valence-electron chi connectivity index (χ4n) is 4.21. The van der Waals surface area contributed by atoms with Gasteiger partial charge in [0.15, 0.2) is 14.1 Å². The summed E-state index contributed by atoms with van der Waals surface area (Å²) in [6.07, 6.45) is 3.98. The predicted octanol–water partition coefficient (Wildman–Crippen LogP) is 8.85. The molecule has 0 saturated carbocycles. The van der Waals surface area contributed by atoms with Crippen molar-refractivity contribution in [2.45, 2.75) is 96.8 Å². The van der Waals surface area contributed by atoms with E-state index in [1.807, 2.05) is 29.1 Å². The average molecular weight is 590 g/mol. The summed E-state index contributed by atoms with van der Waals surface area (Å²) < 4.78 is 12.2. The molecule has 4 aromatic rings. The molecular weight excluding hydrogens is 543 g/mol. The second-order valence-electron chi connectivity index (χ2n) is 13.3. The lowest BCUT2D eigenvalue weighted by molar-refractivity contribution is 0.272. The molecule has 0 bridgehead atoms. The predicted molar refractivity (Wildman–Crippen MR) is 179 cm³/mol. The Morgan fingerprint density at radius 2 is 1.73 bits per heavy atom. The highest BCUT2D eigenvalue weighted by Crippen LogP contribution is 2.37. The molecule has 41 heavy (non-hydrogen) atoms. The zero-order valence-electron chi connectivity index (χ0n) is 26.3. The Hall–Kier alpha value is -2.65. The van der Waals surface area contributed by atoms with Crippen LogP contribution in [-0.2, 0) is 11.0 Å². The maximum atomic E-state index is 6.44. The largest absolute Gasteiger partial charge is 0.411 e. The van der Waals surface area contributed by atoms with Gasteiger partial charge < -0.3 is 4.43 Å². The molecule has 0 unspecified atom stereocenters. The van der Waals surface area contributed by atoms with E-state index in [0.717, 1.165) is 52.2 Å². The SMILES string of the molecule is C=[S@@](N[C@@H](CCC)c1cccc(-c2ccc3cnn(-c4cccc(CO[Si](C)(C)C(C)(C)C)n4)c3c2)n1)C(C)(C)C. The second kappa shape index (κ2) is 12.3. The minimum Gasteiger partial charge on any atom is -0.411 e. The van der Waals surface area contributed by atoms with Gasteiger partial charge in [-0.2, -0.15) is 5.10 Å². The molecule has 3 aromatic heterocycles. The number of pyridine rings is 2. The molecule has 1 aromatic carbocycles. The van der Waals surface area contributed by atoms with Crippen LogP contribution in [0.1, 0.15) is 78.7 Å². The van der Waals surface area contributed by atoms with E-state index in [0.29, 0.717) is 6.61 Å². The van der Waals surface area contributed by atoms with Gasteiger partial charge in [-0.05, 0) is 54.9 Å². The monoisotopic (exact) mass is 589 g/mol. The molecule has 0 spiro atoms. The Bertz CT molecular complexity index is 1520. The van der Waals surface area contributed by atoms with Crippen LogP contribution >= 0.6 is 10.7 Å². The number of hydrogen-bond donors (Lipinski definition) is 1. The summed E-state index contributed by atoms with van der Waals surface area (Å²) in [6.45, 7) is 20.7. The number of benzene rings is 1. The van der Waals surface area contributed by atoms with Gasteiger partial charge in [-0.3, -0.25) is 9.71 Å². The number of fused-ring (bicyclic) bond motifs is 1. The van der Waals surface area contributed by atoms with E-state index in [1.165, 1.54) is 0 Å². The van der Waals surface area contributed by atoms with Gasteiger partial charge in [-0.15, -0.1) is 10.7 Å². The third-order valence-electron chi connectivity index (χ3n) is 7.99. The van der Waals surface area contributed by atoms with Crippen LogP contribution in [0.15, 0.2) is 60.8 Å². The molecule has 0 radical (unpaired) electrons. The van der Waals surface area contributed by atoms with E-state index < -0.39 is 8.32 Å². The van der Waals surface area contributed by atoms with Gasteiger partial charge >= 0.3 is 0 Å². The van der Waals surface area contributed by atoms with Gasteiger partial charge in [-0.25, -0.2) is 9.67 Å². The molecule has 4 rings (SSSR count). The first-order chi connectivity index (χ1) is 19.2. The lowest BCUT2D eigenvalue weighted by Crippen LogP contribution is -2.40. The Kier molecular flexibility index (Phi) is 9.38. The number of nitrogens with one attached hydrogen (secondary N) is 1. The highest BCUT2D eigenvalue weighted by molar-refractivity contribution is 8.13. The van der Waals surface area contributed by atoms with Crippen molar-refractivity contribution in [1.82, 2.24) is 24.5 Å². The van der Waals surface area contributed by atoms with E-state index in [9.17, 15) is 0 Å². The summed E-state index contributed by atoms with van der Waals surface area (Å²) in [4.78, 5) is 10.1. The van der Waals surface area contributed by atoms with Crippen molar-refractivity contribution >= 4 is 35.8 Å². The van der Waals surface area contributed by atoms with Crippen molar-refractivity contribution in [2.75, 3.05) is 0 Å². The molecular formula is C33H47N5OSSi. The second-order valence-corrected chi connectivity index (χ2v) is 20.3. The van der Waals surface area contributed by atoms with Crippen LogP contribution in [0.2, 0.25) is 18.1 Å². The Labute approximate surface area is 250 Å². The first kappa shape index (κ1) is 31.3. The Balaban J connectivity index is 1.64. The van der Waals surface area contributed by atoms with Crippen molar-refractivity contribution in [1.29, 1.82) is 0 Å². The Morgan fingerprint density at radius 3 is 2.41 bits per heavy atom. The summed E-state index contributed by atoms with van der Waals surface area (Å²) in [5, 5.41) is 5.91. The van der Waals surface area contributed by atoms with Crippen LogP contribution in [0.4, 0.5) is 0 Å². The molecule has 6 nitrogen and oxygen atoms in total. The molecule has 1 N–H and O–H groups in total. The van der Waals surface area contributed by atoms with Crippen LogP contribution in [0.25, 0.3) is 28.0 Å². The van der Waals surface area contributed by atoms with Crippen molar-refractivity contribution in [3.8, 4) is 17.1 Å². The zero-order chi connectivity index (χ0) is 30.0. The van der Waals surface area contributed by atoms with Gasteiger partial charge in [-0.1, -0.05) is 85.0 Å². The van der Waals surface area contributed by atoms with Crippen molar-refractivity contribution in [2.24, 2.45) is 0 Å². The van der Waals surface area contributed by atoms with Gasteiger partial charge in [0.2, 0.25) is 0 Å². The third kappa shape index (κ3) is 7.41. The fraction of sp³-hybridized carbons (Fsp3) is 0.455. The normalized spacial score (nSPS) is 14.4. The fourth-order valence-corrected chi connectivity index (χ4v) is 6.08. The van der Waals surface area contributed by atoms with Gasteiger partial charge in [0.05, 0.1) is 41.4 Å². The van der Waals surface area contributed by atoms with Crippen molar-refractivity contribution < 1.29 is 4.43 Å². The number of nitrogens with zero attached hydrogens (tertiary/aromatic N) is 4. The lowest BCUT2D eigenvalue weighted by Gasteiger charge is -2.36. The third-order valence-corrected chi connectivity index (χ3v) is 14.5. The summed E-state index contributed by atoms with van der Waals surface area (Å²) in [5.74, 6) is 5.20. The molecule has 220 valence electrons. The minimum atomic E-state index is -1.87. The molecule has 0 aliphatic carbocycles. The standard InChI is InChI=1S/C33H47N5OSSi/c1-11-14-29(37-40(8)32(2,3)4)28-17-13-16-27(36-28)24-19-20-25-22-34-38(30(25)21-24)31-18-12-15-26(35-31)23-39-41(9,10)33(5,6)7/h12-13,15-22,29,37H,8,11,14,23H2,1-7,9-10H3/t29-,40+/m0/s1. The first-order valence-corrected chi connectivity index (χ1v) is 18.9. The summed E-state index contributed by atoms with van der Waals surface area (Å²) >= 11 is 0. The summed E-state index contributed by atoms with van der Waals surface area (Å²) in [7, 11) is -2.06. The van der Waals surface area contributed by atoms with E-state index in [1.54, 1.807) is 0 Å². The van der Waals surface area contributed by atoms with Gasteiger partial charge in [0.1, 0.15) is 0 Å². The van der Waals surface area contributed by atoms with E-state index in [4.69, 9.17) is 19.5 Å². The molecule has 0 fully saturated rings. The van der Waals surface area contributed by atoms with Crippen molar-refractivity contribution in [3.63, 3.8) is 0 Å². The topological polar surface area (TPSA) is 64.9 Å². The quantitative estimate of drug-likeness (QED) is 0.148. The molecule has 2 atom stereocenters. The highest BCUT2D eigenvalue weighted by Gasteiger charge is 2.37. The van der Waals surface area contributed by atoms with Crippen LogP contribution in [0.5, 0.6) is 0 Å². The smallest absolute Gasteiger partial charge is 0.192 e. The maximum absolute atomic E-state index is 6.44. The van der Waals surface area contributed by atoms with Gasteiger partial charge in [0.25, 0.3) is 0 Å². The molecule has 3 heterocycles. The van der Waals surface area contributed by atoms with E-state index in [2.05, 4.69) is 109 Å². The lowest BCUT2D eigenvalue weighted by atomic mass is 10.1. The molecule has 0 amide bonds. The van der Waals surface area contributed by atoms with Crippen molar-refractivity contribution in [3.05, 3.63) is 72.2 Å². The number of aromatic nitrogens is 4. The average Bonchev–Trinajstić information content (AvgIpc) is 3.34. The summed E-state index contributed by atoms with van der Waals surface area (Å²) in [5.41, 5.74) is 4.97. The van der Waals surface area contributed by atoms with Gasteiger partial charge in [0, 0.05) is 15.7 Å². The van der Waals surface area contributed by atoms with E-state index >= 15 is 0 Å². The number of rotatable bonds is 10. The maximum Gasteiger partial charge on any atom is 0.192 e. The molecule has 0 saturated heterocycles. The first-order valence-electron chi connectivity index (χ1n) is 14.6. The van der Waals surface area contributed by atoms with Crippen LogP contribution in [-0.4, -0.2) is 38.7 Å².